The van der Waals surface area contributed by atoms with Gasteiger partial charge in [0.25, 0.3) is 17.1 Å². The van der Waals surface area contributed by atoms with Gasteiger partial charge in [0.1, 0.15) is 13.2 Å². The molecule has 0 radical (unpaired) electrons. The number of piperidine rings is 1. The number of likely N-dealkylation sites (tertiary alicyclic amines) is 1. The Hall–Kier alpha value is -4.57. The summed E-state index contributed by atoms with van der Waals surface area (Å²) in [6, 6.07) is 18.3. The molecule has 3 aromatic rings. The molecule has 0 bridgehead atoms. The average Bonchev–Trinajstić information content (AvgIpc) is 3.29. The molecular weight excluding hydrogens is 578 g/mol. The number of para-hydroxylation sites is 1. The molecule has 1 N–H and O–H groups in total. The van der Waals surface area contributed by atoms with Crippen LogP contribution in [-0.4, -0.2) is 59.5 Å². The van der Waals surface area contributed by atoms with E-state index in [4.69, 9.17) is 9.47 Å². The van der Waals surface area contributed by atoms with Gasteiger partial charge in [-0.05, 0) is 97.5 Å². The van der Waals surface area contributed by atoms with Gasteiger partial charge >= 0.3 is 0 Å². The van der Waals surface area contributed by atoms with Crippen LogP contribution in [0.1, 0.15) is 51.9 Å². The van der Waals surface area contributed by atoms with Crippen LogP contribution >= 0.6 is 11.8 Å². The zero-order valence-corrected chi connectivity index (χ0v) is 25.9. The number of ether oxygens (including phenoxy) is 2. The molecule has 2 heterocycles. The van der Waals surface area contributed by atoms with Gasteiger partial charge in [0.15, 0.2) is 11.5 Å². The first-order valence-corrected chi connectivity index (χ1v) is 15.4. The number of benzene rings is 3. The van der Waals surface area contributed by atoms with Crippen LogP contribution in [0.3, 0.4) is 0 Å². The van der Waals surface area contributed by atoms with Crippen molar-refractivity contribution in [3.63, 3.8) is 0 Å². The van der Waals surface area contributed by atoms with E-state index in [1.54, 1.807) is 24.3 Å². The van der Waals surface area contributed by atoms with Gasteiger partial charge < -0.3 is 19.7 Å². The van der Waals surface area contributed by atoms with Crippen LogP contribution in [0.25, 0.3) is 6.08 Å². The number of amides is 4. The maximum Gasteiger partial charge on any atom is 0.294 e. The van der Waals surface area contributed by atoms with Crippen molar-refractivity contribution in [3.05, 3.63) is 93.4 Å². The summed E-state index contributed by atoms with van der Waals surface area (Å²) >= 11 is 0.788. The van der Waals surface area contributed by atoms with Crippen molar-refractivity contribution in [3.8, 4) is 11.5 Å². The van der Waals surface area contributed by atoms with E-state index in [1.807, 2.05) is 61.2 Å². The summed E-state index contributed by atoms with van der Waals surface area (Å²) in [5, 5.41) is 2.31. The molecule has 0 aliphatic carbocycles. The fraction of sp³-hybridized carbons (Fsp3) is 0.294. The fourth-order valence-corrected chi connectivity index (χ4v) is 6.04. The normalized spacial score (nSPS) is 15.9. The number of aryl methyl sites for hydroxylation is 2. The van der Waals surface area contributed by atoms with Gasteiger partial charge in [0.05, 0.1) is 12.0 Å². The van der Waals surface area contributed by atoms with Gasteiger partial charge in [-0.25, -0.2) is 0 Å². The molecule has 2 saturated heterocycles. The lowest BCUT2D eigenvalue weighted by molar-refractivity contribution is -0.127. The lowest BCUT2D eigenvalue weighted by Crippen LogP contribution is -2.36. The topological polar surface area (TPSA) is 105 Å². The second-order valence-electron chi connectivity index (χ2n) is 10.8. The zero-order valence-electron chi connectivity index (χ0n) is 25.1. The maximum atomic E-state index is 13.0. The minimum Gasteiger partial charge on any atom is -0.493 e. The number of nitrogens with one attached hydrogen (secondary N) is 1. The van der Waals surface area contributed by atoms with Crippen molar-refractivity contribution in [2.24, 2.45) is 0 Å². The van der Waals surface area contributed by atoms with Crippen molar-refractivity contribution in [2.45, 2.75) is 39.7 Å². The van der Waals surface area contributed by atoms with Gasteiger partial charge in [0, 0.05) is 24.3 Å². The van der Waals surface area contributed by atoms with Crippen LogP contribution in [0.15, 0.2) is 65.6 Å². The minimum atomic E-state index is -0.529. The quantitative estimate of drug-likeness (QED) is 0.287. The molecule has 0 unspecified atom stereocenters. The SMILES string of the molecule is COc1cc(/C=C2\SC(=O)N(CC(=O)Nc3c(C)cccc3C)C2=O)ccc1OCc1ccc(C(=O)N2CCCCC2)cc1. The Bertz CT molecular complexity index is 1590. The number of rotatable bonds is 9. The van der Waals surface area contributed by atoms with Crippen LogP contribution in [0.4, 0.5) is 10.5 Å². The molecule has 0 atom stereocenters. The standard InChI is InChI=1S/C34H35N3O6S/c1-22-8-7-9-23(2)31(22)35-30(38)20-37-33(40)29(44-34(37)41)19-25-12-15-27(28(18-25)42-3)43-21-24-10-13-26(14-11-24)32(39)36-16-5-4-6-17-36/h7-15,18-19H,4-6,16-17,20-21H2,1-3H3,(H,35,38)/b29-19-. The van der Waals surface area contributed by atoms with Gasteiger partial charge in [-0.3, -0.25) is 24.1 Å². The number of anilines is 1. The first kappa shape index (κ1) is 30.9. The molecule has 0 saturated carbocycles. The maximum absolute atomic E-state index is 13.0. The number of methoxy groups -OCH3 is 1. The number of nitrogens with zero attached hydrogens (tertiary/aromatic N) is 2. The van der Waals surface area contributed by atoms with Gasteiger partial charge in [0.2, 0.25) is 5.91 Å². The molecule has 2 aliphatic rings. The van der Waals surface area contributed by atoms with E-state index in [9.17, 15) is 19.2 Å². The van der Waals surface area contributed by atoms with Crippen molar-refractivity contribution in [2.75, 3.05) is 32.1 Å². The molecule has 10 heteroatoms. The summed E-state index contributed by atoms with van der Waals surface area (Å²) in [6.07, 6.45) is 4.87. The summed E-state index contributed by atoms with van der Waals surface area (Å²) in [5.74, 6) is 0.0562. The van der Waals surface area contributed by atoms with Crippen molar-refractivity contribution in [1.29, 1.82) is 0 Å². The van der Waals surface area contributed by atoms with Gasteiger partial charge in [-0.2, -0.15) is 0 Å². The molecule has 2 fully saturated rings. The molecule has 2 aliphatic heterocycles. The smallest absolute Gasteiger partial charge is 0.294 e. The highest BCUT2D eigenvalue weighted by atomic mass is 32.2. The summed E-state index contributed by atoms with van der Waals surface area (Å²) in [6.45, 7) is 5.28. The third-order valence-electron chi connectivity index (χ3n) is 7.64. The lowest BCUT2D eigenvalue weighted by Gasteiger charge is -2.26. The van der Waals surface area contributed by atoms with Crippen molar-refractivity contribution < 1.29 is 28.7 Å². The van der Waals surface area contributed by atoms with Crippen LogP contribution in [0.5, 0.6) is 11.5 Å². The summed E-state index contributed by atoms with van der Waals surface area (Å²) in [5.41, 5.74) is 4.68. The number of thioether (sulfide) groups is 1. The van der Waals surface area contributed by atoms with E-state index in [-0.39, 0.29) is 24.0 Å². The first-order valence-electron chi connectivity index (χ1n) is 14.5. The Kier molecular flexibility index (Phi) is 9.69. The van der Waals surface area contributed by atoms with E-state index >= 15 is 0 Å². The predicted molar refractivity (Wildman–Crippen MR) is 171 cm³/mol. The Balaban J connectivity index is 1.20. The van der Waals surface area contributed by atoms with E-state index < -0.39 is 17.1 Å². The highest BCUT2D eigenvalue weighted by Crippen LogP contribution is 2.35. The number of hydrogen-bond acceptors (Lipinski definition) is 7. The minimum absolute atomic E-state index is 0.0629. The number of carbonyl (C=O) groups excluding carboxylic acids is 4. The molecule has 0 spiro atoms. The third-order valence-corrected chi connectivity index (χ3v) is 8.55. The van der Waals surface area contributed by atoms with Crippen LogP contribution < -0.4 is 14.8 Å². The third kappa shape index (κ3) is 7.14. The van der Waals surface area contributed by atoms with E-state index in [0.29, 0.717) is 28.3 Å². The number of hydrogen-bond donors (Lipinski definition) is 1. The molecule has 4 amide bonds. The van der Waals surface area contributed by atoms with Crippen LogP contribution in [0, 0.1) is 13.8 Å². The monoisotopic (exact) mass is 613 g/mol. The van der Waals surface area contributed by atoms with Gasteiger partial charge in [-0.15, -0.1) is 0 Å². The van der Waals surface area contributed by atoms with Crippen molar-refractivity contribution >= 4 is 46.5 Å². The predicted octanol–water partition coefficient (Wildman–Crippen LogP) is 6.19. The molecule has 9 nitrogen and oxygen atoms in total. The molecule has 228 valence electrons. The number of carbonyl (C=O) groups is 4. The summed E-state index contributed by atoms with van der Waals surface area (Å²) < 4.78 is 11.5. The van der Waals surface area contributed by atoms with Crippen molar-refractivity contribution in [1.82, 2.24) is 9.80 Å². The Morgan fingerprint density at radius 2 is 1.64 bits per heavy atom. The van der Waals surface area contributed by atoms with E-state index in [0.717, 1.165) is 59.3 Å². The zero-order chi connectivity index (χ0) is 31.2. The average molecular weight is 614 g/mol. The summed E-state index contributed by atoms with van der Waals surface area (Å²) in [4.78, 5) is 54.2. The van der Waals surface area contributed by atoms with Gasteiger partial charge in [-0.1, -0.05) is 36.4 Å². The largest absolute Gasteiger partial charge is 0.493 e. The molecule has 5 rings (SSSR count). The Morgan fingerprint density at radius 1 is 0.932 bits per heavy atom. The van der Waals surface area contributed by atoms with Crippen LogP contribution in [0.2, 0.25) is 0 Å². The Morgan fingerprint density at radius 3 is 2.32 bits per heavy atom. The highest BCUT2D eigenvalue weighted by molar-refractivity contribution is 8.18. The molecule has 0 aromatic heterocycles. The second-order valence-corrected chi connectivity index (χ2v) is 11.8. The molecular formula is C34H35N3O6S. The van der Waals surface area contributed by atoms with E-state index in [1.165, 1.54) is 13.5 Å². The highest BCUT2D eigenvalue weighted by Gasteiger charge is 2.36. The molecule has 3 aromatic carbocycles. The summed E-state index contributed by atoms with van der Waals surface area (Å²) in [7, 11) is 1.52. The molecule has 44 heavy (non-hydrogen) atoms. The lowest BCUT2D eigenvalue weighted by atomic mass is 10.1. The Labute approximate surface area is 261 Å². The number of imide groups is 1. The second kappa shape index (κ2) is 13.8. The van der Waals surface area contributed by atoms with Crippen LogP contribution in [-0.2, 0) is 16.2 Å². The fourth-order valence-electron chi connectivity index (χ4n) is 5.20. The first-order chi connectivity index (χ1) is 21.2. The van der Waals surface area contributed by atoms with E-state index in [2.05, 4.69) is 5.32 Å².